The summed E-state index contributed by atoms with van der Waals surface area (Å²) in [6.07, 6.45) is 2.39. The van der Waals surface area contributed by atoms with Crippen LogP contribution in [0.3, 0.4) is 0 Å². The van der Waals surface area contributed by atoms with Crippen molar-refractivity contribution in [1.29, 1.82) is 0 Å². The Balaban J connectivity index is 1.74. The number of hydrogen-bond donors (Lipinski definition) is 1. The van der Waals surface area contributed by atoms with E-state index in [1.165, 1.54) is 34.6 Å². The van der Waals surface area contributed by atoms with Crippen LogP contribution in [0.25, 0.3) is 0 Å². The molecule has 0 aliphatic heterocycles. The predicted octanol–water partition coefficient (Wildman–Crippen LogP) is 4.91. The fraction of sp³-hybridized carbons (Fsp3) is 0.368. The first-order valence-corrected chi connectivity index (χ1v) is 8.71. The quantitative estimate of drug-likeness (QED) is 0.549. The van der Waals surface area contributed by atoms with Gasteiger partial charge in [-0.2, -0.15) is 0 Å². The molecule has 2 aromatic rings. The van der Waals surface area contributed by atoms with Crippen molar-refractivity contribution in [3.8, 4) is 0 Å². The van der Waals surface area contributed by atoms with Gasteiger partial charge in [-0.15, -0.1) is 11.8 Å². The van der Waals surface area contributed by atoms with Crippen LogP contribution in [0.4, 0.5) is 0 Å². The van der Waals surface area contributed by atoms with E-state index in [1.54, 1.807) is 0 Å². The van der Waals surface area contributed by atoms with E-state index in [2.05, 4.69) is 73.8 Å². The first-order chi connectivity index (χ1) is 10.2. The topological polar surface area (TPSA) is 12.0 Å². The van der Waals surface area contributed by atoms with Gasteiger partial charge in [0.2, 0.25) is 0 Å². The fourth-order valence-corrected chi connectivity index (χ4v) is 3.11. The molecular formula is C19H25NS. The van der Waals surface area contributed by atoms with Crippen molar-refractivity contribution in [3.05, 3.63) is 65.7 Å². The summed E-state index contributed by atoms with van der Waals surface area (Å²) < 4.78 is 0. The van der Waals surface area contributed by atoms with Crippen LogP contribution in [-0.2, 0) is 13.0 Å². The Labute approximate surface area is 133 Å². The highest BCUT2D eigenvalue weighted by atomic mass is 32.2. The summed E-state index contributed by atoms with van der Waals surface area (Å²) in [5, 5.41) is 3.47. The van der Waals surface area contributed by atoms with Gasteiger partial charge >= 0.3 is 0 Å². The van der Waals surface area contributed by atoms with Crippen LogP contribution in [0.15, 0.2) is 59.5 Å². The molecule has 0 spiro atoms. The Kier molecular flexibility index (Phi) is 6.84. The number of thioether (sulfide) groups is 1. The third-order valence-corrected chi connectivity index (χ3v) is 4.41. The van der Waals surface area contributed by atoms with Crippen molar-refractivity contribution in [2.75, 3.05) is 5.75 Å². The number of hydrogen-bond acceptors (Lipinski definition) is 2. The minimum atomic E-state index is 0.534. The van der Waals surface area contributed by atoms with Crippen LogP contribution in [0.2, 0.25) is 0 Å². The van der Waals surface area contributed by atoms with Crippen molar-refractivity contribution in [3.63, 3.8) is 0 Å². The molecule has 1 N–H and O–H groups in total. The predicted molar refractivity (Wildman–Crippen MR) is 93.9 cm³/mol. The minimum absolute atomic E-state index is 0.534. The van der Waals surface area contributed by atoms with Crippen LogP contribution in [0, 0.1) is 0 Å². The second-order valence-corrected chi connectivity index (χ2v) is 6.79. The van der Waals surface area contributed by atoms with E-state index in [0.29, 0.717) is 6.04 Å². The van der Waals surface area contributed by atoms with Gasteiger partial charge in [0.15, 0.2) is 0 Å². The SMILES string of the molecule is CC(C)NCc1cccc(SCCCc2ccccc2)c1. The summed E-state index contributed by atoms with van der Waals surface area (Å²) in [6.45, 7) is 5.32. The van der Waals surface area contributed by atoms with Crippen molar-refractivity contribution in [2.45, 2.75) is 44.2 Å². The van der Waals surface area contributed by atoms with Crippen LogP contribution >= 0.6 is 11.8 Å². The summed E-state index contributed by atoms with van der Waals surface area (Å²) in [5.74, 6) is 1.18. The zero-order valence-electron chi connectivity index (χ0n) is 13.0. The average Bonchev–Trinajstić information content (AvgIpc) is 2.51. The van der Waals surface area contributed by atoms with Crippen molar-refractivity contribution in [2.24, 2.45) is 0 Å². The maximum atomic E-state index is 3.47. The average molecular weight is 299 g/mol. The maximum Gasteiger partial charge on any atom is 0.0208 e. The molecule has 0 fully saturated rings. The summed E-state index contributed by atoms with van der Waals surface area (Å²) >= 11 is 1.96. The summed E-state index contributed by atoms with van der Waals surface area (Å²) in [4.78, 5) is 1.38. The van der Waals surface area contributed by atoms with Gasteiger partial charge in [0.25, 0.3) is 0 Å². The lowest BCUT2D eigenvalue weighted by molar-refractivity contribution is 0.588. The molecule has 0 aromatic heterocycles. The summed E-state index contributed by atoms with van der Waals surface area (Å²) in [7, 11) is 0. The van der Waals surface area contributed by atoms with E-state index >= 15 is 0 Å². The molecule has 0 aliphatic rings. The zero-order chi connectivity index (χ0) is 14.9. The zero-order valence-corrected chi connectivity index (χ0v) is 13.8. The molecule has 0 radical (unpaired) electrons. The van der Waals surface area contributed by atoms with Crippen LogP contribution in [0.5, 0.6) is 0 Å². The molecule has 0 saturated heterocycles. The molecule has 0 aliphatic carbocycles. The molecule has 0 atom stereocenters. The van der Waals surface area contributed by atoms with Crippen molar-refractivity contribution < 1.29 is 0 Å². The molecule has 0 bridgehead atoms. The second kappa shape index (κ2) is 8.91. The molecule has 1 nitrogen and oxygen atoms in total. The van der Waals surface area contributed by atoms with Crippen molar-refractivity contribution in [1.82, 2.24) is 5.32 Å². The molecule has 2 rings (SSSR count). The van der Waals surface area contributed by atoms with Crippen LogP contribution in [-0.4, -0.2) is 11.8 Å². The molecule has 2 aromatic carbocycles. The van der Waals surface area contributed by atoms with Crippen LogP contribution < -0.4 is 5.32 Å². The standard InChI is InChI=1S/C19H25NS/c1-16(2)20-15-18-10-6-12-19(14-18)21-13-7-11-17-8-4-3-5-9-17/h3-6,8-10,12,14,16,20H,7,11,13,15H2,1-2H3. The van der Waals surface area contributed by atoms with Gasteiger partial charge in [-0.25, -0.2) is 0 Å². The van der Waals surface area contributed by atoms with E-state index < -0.39 is 0 Å². The van der Waals surface area contributed by atoms with Crippen molar-refractivity contribution >= 4 is 11.8 Å². The third-order valence-electron chi connectivity index (χ3n) is 3.33. The number of rotatable bonds is 8. The molecular weight excluding hydrogens is 274 g/mol. The Morgan fingerprint density at radius 3 is 2.48 bits per heavy atom. The fourth-order valence-electron chi connectivity index (χ4n) is 2.18. The van der Waals surface area contributed by atoms with Gasteiger partial charge in [-0.05, 0) is 41.9 Å². The Hall–Kier alpha value is -1.25. The lowest BCUT2D eigenvalue weighted by atomic mass is 10.1. The molecule has 0 unspecified atom stereocenters. The highest BCUT2D eigenvalue weighted by molar-refractivity contribution is 7.99. The number of nitrogens with one attached hydrogen (secondary N) is 1. The Morgan fingerprint density at radius 2 is 1.71 bits per heavy atom. The largest absolute Gasteiger partial charge is 0.310 e. The molecule has 112 valence electrons. The monoisotopic (exact) mass is 299 g/mol. The van der Waals surface area contributed by atoms with Gasteiger partial charge in [0, 0.05) is 17.5 Å². The first-order valence-electron chi connectivity index (χ1n) is 7.73. The molecule has 21 heavy (non-hydrogen) atoms. The number of aryl methyl sites for hydroxylation is 1. The maximum absolute atomic E-state index is 3.47. The lowest BCUT2D eigenvalue weighted by Gasteiger charge is -2.09. The van der Waals surface area contributed by atoms with E-state index in [-0.39, 0.29) is 0 Å². The lowest BCUT2D eigenvalue weighted by Crippen LogP contribution is -2.21. The van der Waals surface area contributed by atoms with Gasteiger partial charge in [-0.1, -0.05) is 56.3 Å². The highest BCUT2D eigenvalue weighted by Gasteiger charge is 1.99. The molecule has 2 heteroatoms. The minimum Gasteiger partial charge on any atom is -0.310 e. The summed E-state index contributed by atoms with van der Waals surface area (Å²) in [5.41, 5.74) is 2.81. The van der Waals surface area contributed by atoms with Gasteiger partial charge in [0.05, 0.1) is 0 Å². The van der Waals surface area contributed by atoms with E-state index in [9.17, 15) is 0 Å². The first kappa shape index (κ1) is 16.1. The second-order valence-electron chi connectivity index (χ2n) is 5.62. The highest BCUT2D eigenvalue weighted by Crippen LogP contribution is 2.20. The third kappa shape index (κ3) is 6.36. The smallest absolute Gasteiger partial charge is 0.0208 e. The summed E-state index contributed by atoms with van der Waals surface area (Å²) in [6, 6.07) is 20.2. The van der Waals surface area contributed by atoms with Crippen LogP contribution in [0.1, 0.15) is 31.4 Å². The van der Waals surface area contributed by atoms with E-state index in [4.69, 9.17) is 0 Å². The Morgan fingerprint density at radius 1 is 0.952 bits per heavy atom. The van der Waals surface area contributed by atoms with Gasteiger partial charge in [-0.3, -0.25) is 0 Å². The molecule has 0 amide bonds. The molecule has 0 saturated carbocycles. The number of benzene rings is 2. The Bertz CT molecular complexity index is 522. The van der Waals surface area contributed by atoms with E-state index in [1.807, 2.05) is 11.8 Å². The van der Waals surface area contributed by atoms with E-state index in [0.717, 1.165) is 6.54 Å². The normalized spacial score (nSPS) is 11.0. The van der Waals surface area contributed by atoms with Gasteiger partial charge in [0.1, 0.15) is 0 Å². The molecule has 0 heterocycles. The van der Waals surface area contributed by atoms with Gasteiger partial charge < -0.3 is 5.32 Å².